The van der Waals surface area contributed by atoms with Crippen LogP contribution in [0.4, 0.5) is 0 Å². The first-order chi connectivity index (χ1) is 9.17. The zero-order valence-corrected chi connectivity index (χ0v) is 12.3. The minimum absolute atomic E-state index is 0.229. The van der Waals surface area contributed by atoms with Crippen molar-refractivity contribution < 1.29 is 4.79 Å². The molecule has 2 fully saturated rings. The Morgan fingerprint density at radius 3 is 2.89 bits per heavy atom. The number of rotatable bonds is 2. The largest absolute Gasteiger partial charge is 0.337 e. The number of fused-ring (bicyclic) bond motifs is 1. The second-order valence-corrected chi connectivity index (χ2v) is 7.09. The minimum atomic E-state index is 0.229. The van der Waals surface area contributed by atoms with Crippen molar-refractivity contribution in [2.24, 2.45) is 17.6 Å². The van der Waals surface area contributed by atoms with Gasteiger partial charge in [0.2, 0.25) is 0 Å². The van der Waals surface area contributed by atoms with Gasteiger partial charge in [0, 0.05) is 24.0 Å². The van der Waals surface area contributed by atoms with Crippen molar-refractivity contribution in [2.75, 3.05) is 13.1 Å². The van der Waals surface area contributed by atoms with E-state index in [0.29, 0.717) is 17.9 Å². The Balaban J connectivity index is 1.68. The molecule has 19 heavy (non-hydrogen) atoms. The number of carbonyl (C=O) groups is 1. The number of hydrogen-bond acceptors (Lipinski definition) is 3. The van der Waals surface area contributed by atoms with Crippen molar-refractivity contribution in [3.63, 3.8) is 0 Å². The fraction of sp³-hybridized carbons (Fsp3) is 0.667. The van der Waals surface area contributed by atoms with Gasteiger partial charge in [0.25, 0.3) is 5.91 Å². The van der Waals surface area contributed by atoms with Crippen LogP contribution >= 0.6 is 11.3 Å². The highest BCUT2D eigenvalue weighted by molar-refractivity contribution is 7.14. The first-order valence-electron chi connectivity index (χ1n) is 7.31. The highest BCUT2D eigenvalue weighted by Gasteiger charge is 2.38. The lowest BCUT2D eigenvalue weighted by Gasteiger charge is -2.27. The molecule has 4 heteroatoms. The van der Waals surface area contributed by atoms with Crippen molar-refractivity contribution in [1.82, 2.24) is 4.90 Å². The lowest BCUT2D eigenvalue weighted by atomic mass is 9.79. The number of aryl methyl sites for hydroxylation is 1. The molecule has 1 saturated carbocycles. The first-order valence-corrected chi connectivity index (χ1v) is 8.12. The number of nitrogens with two attached hydrogens (primary N) is 1. The van der Waals surface area contributed by atoms with Gasteiger partial charge in [-0.3, -0.25) is 4.79 Å². The van der Waals surface area contributed by atoms with E-state index < -0.39 is 0 Å². The Bertz CT molecular complexity index is 470. The molecule has 3 nitrogen and oxygen atoms in total. The Morgan fingerprint density at radius 1 is 1.37 bits per heavy atom. The monoisotopic (exact) mass is 278 g/mol. The average molecular weight is 278 g/mol. The molecule has 1 saturated heterocycles. The lowest BCUT2D eigenvalue weighted by molar-refractivity contribution is 0.0788. The van der Waals surface area contributed by atoms with E-state index in [1.54, 1.807) is 11.3 Å². The summed E-state index contributed by atoms with van der Waals surface area (Å²) in [5, 5.41) is 0. The number of carbonyl (C=O) groups excluding carboxylic acids is 1. The van der Waals surface area contributed by atoms with Gasteiger partial charge in [0.05, 0.1) is 4.88 Å². The van der Waals surface area contributed by atoms with E-state index in [2.05, 4.69) is 17.9 Å². The summed E-state index contributed by atoms with van der Waals surface area (Å²) in [6.45, 7) is 3.98. The maximum absolute atomic E-state index is 12.5. The Hall–Kier alpha value is -0.870. The van der Waals surface area contributed by atoms with Crippen LogP contribution in [0.25, 0.3) is 0 Å². The molecule has 104 valence electrons. The highest BCUT2D eigenvalue weighted by atomic mass is 32.1. The second kappa shape index (κ2) is 5.25. The van der Waals surface area contributed by atoms with Gasteiger partial charge < -0.3 is 10.6 Å². The van der Waals surface area contributed by atoms with Crippen LogP contribution in [-0.2, 0) is 6.42 Å². The molecule has 2 heterocycles. The molecule has 2 N–H and O–H groups in total. The summed E-state index contributed by atoms with van der Waals surface area (Å²) in [5.74, 6) is 1.56. The van der Waals surface area contributed by atoms with Gasteiger partial charge in [-0.2, -0.15) is 0 Å². The Labute approximate surface area is 118 Å². The van der Waals surface area contributed by atoms with Crippen molar-refractivity contribution in [3.05, 3.63) is 21.9 Å². The fourth-order valence-electron chi connectivity index (χ4n) is 3.47. The molecule has 1 aromatic heterocycles. The molecule has 0 aromatic carbocycles. The van der Waals surface area contributed by atoms with E-state index in [1.807, 2.05) is 6.07 Å². The van der Waals surface area contributed by atoms with Gasteiger partial charge in [-0.25, -0.2) is 0 Å². The molecule has 1 aromatic rings. The first kappa shape index (κ1) is 13.1. The van der Waals surface area contributed by atoms with Crippen LogP contribution in [0.15, 0.2) is 12.1 Å². The summed E-state index contributed by atoms with van der Waals surface area (Å²) >= 11 is 1.65. The molecular formula is C15H22N2OS. The van der Waals surface area contributed by atoms with Crippen LogP contribution in [0.3, 0.4) is 0 Å². The zero-order chi connectivity index (χ0) is 13.4. The number of amides is 1. The van der Waals surface area contributed by atoms with Crippen LogP contribution in [0.5, 0.6) is 0 Å². The van der Waals surface area contributed by atoms with Crippen LogP contribution in [0.1, 0.15) is 40.7 Å². The molecule has 3 atom stereocenters. The van der Waals surface area contributed by atoms with Gasteiger partial charge in [0.15, 0.2) is 0 Å². The van der Waals surface area contributed by atoms with E-state index in [-0.39, 0.29) is 5.91 Å². The van der Waals surface area contributed by atoms with Crippen LogP contribution in [-0.4, -0.2) is 29.9 Å². The SMILES string of the molecule is CCc1ccc(C(=O)N2C[C@H]3CCC(N)C[C@H]3C2)s1. The molecule has 1 aliphatic heterocycles. The topological polar surface area (TPSA) is 46.3 Å². The van der Waals surface area contributed by atoms with Crippen LogP contribution < -0.4 is 5.73 Å². The summed E-state index contributed by atoms with van der Waals surface area (Å²) in [7, 11) is 0. The maximum Gasteiger partial charge on any atom is 0.263 e. The fourth-order valence-corrected chi connectivity index (χ4v) is 4.39. The van der Waals surface area contributed by atoms with Gasteiger partial charge in [-0.05, 0) is 49.7 Å². The van der Waals surface area contributed by atoms with Gasteiger partial charge >= 0.3 is 0 Å². The zero-order valence-electron chi connectivity index (χ0n) is 11.5. The van der Waals surface area contributed by atoms with Gasteiger partial charge in [-0.15, -0.1) is 11.3 Å². The second-order valence-electron chi connectivity index (χ2n) is 5.92. The smallest absolute Gasteiger partial charge is 0.263 e. The summed E-state index contributed by atoms with van der Waals surface area (Å²) < 4.78 is 0. The predicted octanol–water partition coefficient (Wildman–Crippen LogP) is 2.51. The third kappa shape index (κ3) is 2.56. The van der Waals surface area contributed by atoms with Crippen molar-refractivity contribution in [3.8, 4) is 0 Å². The predicted molar refractivity (Wildman–Crippen MR) is 78.4 cm³/mol. The summed E-state index contributed by atoms with van der Waals surface area (Å²) in [4.78, 5) is 16.8. The molecule has 0 radical (unpaired) electrons. The number of likely N-dealkylation sites (tertiary alicyclic amines) is 1. The Kier molecular flexibility index (Phi) is 3.63. The lowest BCUT2D eigenvalue weighted by Crippen LogP contribution is -2.32. The number of nitrogens with zero attached hydrogens (tertiary/aromatic N) is 1. The van der Waals surface area contributed by atoms with E-state index in [0.717, 1.165) is 37.2 Å². The molecule has 0 spiro atoms. The van der Waals surface area contributed by atoms with E-state index >= 15 is 0 Å². The Morgan fingerprint density at radius 2 is 2.16 bits per heavy atom. The molecule has 2 aliphatic rings. The standard InChI is InChI=1S/C15H22N2OS/c1-2-13-5-6-14(19-13)15(18)17-8-10-3-4-12(16)7-11(10)9-17/h5-6,10-12H,2-4,7-9,16H2,1H3/t10-,11+,12?/m1/s1. The molecule has 1 aliphatic carbocycles. The summed E-state index contributed by atoms with van der Waals surface area (Å²) in [6.07, 6.45) is 4.43. The summed E-state index contributed by atoms with van der Waals surface area (Å²) in [6, 6.07) is 4.42. The maximum atomic E-state index is 12.5. The molecule has 3 rings (SSSR count). The molecule has 0 bridgehead atoms. The quantitative estimate of drug-likeness (QED) is 0.903. The van der Waals surface area contributed by atoms with E-state index in [4.69, 9.17) is 5.73 Å². The van der Waals surface area contributed by atoms with Crippen LogP contribution in [0.2, 0.25) is 0 Å². The minimum Gasteiger partial charge on any atom is -0.337 e. The normalized spacial score (nSPS) is 30.4. The third-order valence-electron chi connectivity index (χ3n) is 4.60. The van der Waals surface area contributed by atoms with Crippen molar-refractivity contribution >= 4 is 17.2 Å². The molecule has 1 unspecified atom stereocenters. The third-order valence-corrected chi connectivity index (χ3v) is 5.82. The number of thiophene rings is 1. The average Bonchev–Trinajstić information content (AvgIpc) is 3.03. The van der Waals surface area contributed by atoms with E-state index in [1.165, 1.54) is 11.3 Å². The van der Waals surface area contributed by atoms with Gasteiger partial charge in [0.1, 0.15) is 0 Å². The highest BCUT2D eigenvalue weighted by Crippen LogP contribution is 2.36. The van der Waals surface area contributed by atoms with Crippen LogP contribution in [0, 0.1) is 11.8 Å². The molecular weight excluding hydrogens is 256 g/mol. The van der Waals surface area contributed by atoms with E-state index in [9.17, 15) is 4.79 Å². The van der Waals surface area contributed by atoms with Crippen molar-refractivity contribution in [2.45, 2.75) is 38.6 Å². The number of hydrogen-bond donors (Lipinski definition) is 1. The van der Waals surface area contributed by atoms with Gasteiger partial charge in [-0.1, -0.05) is 6.92 Å². The van der Waals surface area contributed by atoms with Crippen molar-refractivity contribution in [1.29, 1.82) is 0 Å². The molecule has 1 amide bonds. The summed E-state index contributed by atoms with van der Waals surface area (Å²) in [5.41, 5.74) is 6.04.